The monoisotopic (exact) mass is 278 g/mol. The highest BCUT2D eigenvalue weighted by molar-refractivity contribution is 6.06. The Morgan fingerprint density at radius 2 is 2.25 bits per heavy atom. The van der Waals surface area contributed by atoms with Crippen molar-refractivity contribution in [3.63, 3.8) is 0 Å². The van der Waals surface area contributed by atoms with E-state index in [1.54, 1.807) is 6.92 Å². The highest BCUT2D eigenvalue weighted by Crippen LogP contribution is 2.24. The van der Waals surface area contributed by atoms with Crippen LogP contribution in [0.1, 0.15) is 17.3 Å². The highest BCUT2D eigenvalue weighted by atomic mass is 16.6. The molecule has 0 radical (unpaired) electrons. The Hall–Kier alpha value is -2.97. The third kappa shape index (κ3) is 2.16. The zero-order chi connectivity index (χ0) is 14.9. The maximum Gasteiger partial charge on any atom is 0.343 e. The number of rotatable bonds is 3. The van der Waals surface area contributed by atoms with Crippen molar-refractivity contribution in [1.29, 1.82) is 0 Å². The predicted molar refractivity (Wildman–Crippen MR) is 67.7 cm³/mol. The lowest BCUT2D eigenvalue weighted by atomic mass is 10.1. The molecular formula is C11H10N4O5. The molecule has 0 amide bonds. The fourth-order valence-electron chi connectivity index (χ4n) is 1.76. The lowest BCUT2D eigenvalue weighted by Crippen LogP contribution is -2.34. The van der Waals surface area contributed by atoms with Crippen LogP contribution in [-0.4, -0.2) is 22.6 Å². The van der Waals surface area contributed by atoms with Crippen molar-refractivity contribution >= 4 is 28.4 Å². The van der Waals surface area contributed by atoms with Gasteiger partial charge in [0.25, 0.3) is 11.2 Å². The van der Waals surface area contributed by atoms with Crippen LogP contribution in [0.3, 0.4) is 0 Å². The average Bonchev–Trinajstić information content (AvgIpc) is 2.38. The number of ether oxygens (including phenoxy) is 1. The summed E-state index contributed by atoms with van der Waals surface area (Å²) in [5.41, 5.74) is 5.05. The Kier molecular flexibility index (Phi) is 3.34. The van der Waals surface area contributed by atoms with E-state index in [0.29, 0.717) is 0 Å². The van der Waals surface area contributed by atoms with E-state index in [0.717, 1.165) is 6.07 Å². The molecule has 20 heavy (non-hydrogen) atoms. The topological polar surface area (TPSA) is 135 Å². The van der Waals surface area contributed by atoms with Gasteiger partial charge in [-0.3, -0.25) is 10.1 Å². The Morgan fingerprint density at radius 1 is 1.55 bits per heavy atom. The number of anilines is 1. The number of nitro groups is 1. The van der Waals surface area contributed by atoms with Gasteiger partial charge >= 0.3 is 5.97 Å². The zero-order valence-electron chi connectivity index (χ0n) is 10.4. The Labute approximate surface area is 112 Å². The highest BCUT2D eigenvalue weighted by Gasteiger charge is 2.24. The molecule has 0 fully saturated rings. The molecule has 2 aromatic rings. The second-order valence-electron chi connectivity index (χ2n) is 3.81. The summed E-state index contributed by atoms with van der Waals surface area (Å²) in [5, 5.41) is 25.9. The fraction of sp³-hybridized carbons (Fsp3) is 0.182. The molecule has 0 unspecified atom stereocenters. The number of nitro benzene ring substituents is 1. The summed E-state index contributed by atoms with van der Waals surface area (Å²) in [6, 6.07) is 3.47. The molecule has 9 nitrogen and oxygen atoms in total. The number of aromatic nitrogens is 2. The fourth-order valence-corrected chi connectivity index (χ4v) is 1.76. The van der Waals surface area contributed by atoms with Crippen LogP contribution in [0.25, 0.3) is 10.9 Å². The van der Waals surface area contributed by atoms with Crippen LogP contribution >= 0.6 is 0 Å². The van der Waals surface area contributed by atoms with Gasteiger partial charge in [0, 0.05) is 11.2 Å². The molecule has 2 rings (SSSR count). The number of nitrogens with two attached hydrogens (primary N) is 1. The van der Waals surface area contributed by atoms with Crippen LogP contribution in [0.2, 0.25) is 0 Å². The third-order valence-electron chi connectivity index (χ3n) is 2.60. The maximum absolute atomic E-state index is 11.8. The van der Waals surface area contributed by atoms with Crippen molar-refractivity contribution < 1.29 is 19.3 Å². The van der Waals surface area contributed by atoms with E-state index >= 15 is 0 Å². The van der Waals surface area contributed by atoms with E-state index in [2.05, 4.69) is 5.10 Å². The molecule has 1 aromatic carbocycles. The summed E-state index contributed by atoms with van der Waals surface area (Å²) < 4.78 is 4.83. The zero-order valence-corrected chi connectivity index (χ0v) is 10.4. The molecule has 0 atom stereocenters. The molecule has 0 aliphatic heterocycles. The molecule has 0 aliphatic carbocycles. The van der Waals surface area contributed by atoms with Crippen molar-refractivity contribution in [2.24, 2.45) is 0 Å². The number of nitrogen functional groups attached to an aromatic ring is 1. The molecule has 0 spiro atoms. The van der Waals surface area contributed by atoms with Gasteiger partial charge in [0.15, 0.2) is 0 Å². The van der Waals surface area contributed by atoms with Crippen LogP contribution in [0.5, 0.6) is 0 Å². The van der Waals surface area contributed by atoms with Crippen LogP contribution < -0.4 is 10.6 Å². The van der Waals surface area contributed by atoms with Gasteiger partial charge in [-0.2, -0.15) is 0 Å². The van der Waals surface area contributed by atoms with Gasteiger partial charge in [-0.05, 0) is 17.8 Å². The largest absolute Gasteiger partial charge is 0.594 e. The molecular weight excluding hydrogens is 268 g/mol. The molecule has 0 saturated carbocycles. The van der Waals surface area contributed by atoms with Gasteiger partial charge in [0.2, 0.25) is 5.82 Å². The Balaban J connectivity index is 2.76. The number of hydrogen-bond donors (Lipinski definition) is 1. The van der Waals surface area contributed by atoms with E-state index in [-0.39, 0.29) is 39.4 Å². The van der Waals surface area contributed by atoms with E-state index in [4.69, 9.17) is 10.5 Å². The smallest absolute Gasteiger partial charge is 0.343 e. The summed E-state index contributed by atoms with van der Waals surface area (Å²) >= 11 is 0. The van der Waals surface area contributed by atoms with E-state index < -0.39 is 10.9 Å². The van der Waals surface area contributed by atoms with Gasteiger partial charge in [0.1, 0.15) is 5.56 Å². The first kappa shape index (κ1) is 13.5. The first-order valence-corrected chi connectivity index (χ1v) is 5.60. The van der Waals surface area contributed by atoms with Gasteiger partial charge in [-0.25, -0.2) is 4.79 Å². The summed E-state index contributed by atoms with van der Waals surface area (Å²) in [7, 11) is 0. The number of nitrogens with zero attached hydrogens (tertiary/aromatic N) is 3. The number of carbonyl (C=O) groups excluding carboxylic acids is 1. The molecule has 0 saturated heterocycles. The second-order valence-corrected chi connectivity index (χ2v) is 3.81. The van der Waals surface area contributed by atoms with Gasteiger partial charge in [-0.1, -0.05) is 0 Å². The molecule has 1 heterocycles. The standard InChI is InChI=1S/C11H10N4O5/c1-2-20-11(16)9-7-4-3-6(15(18)19)5-8(7)14(17)13-10(9)12/h3-5H,2H2,1H3,(H2,12,13). The van der Waals surface area contributed by atoms with Crippen LogP contribution in [0.4, 0.5) is 11.5 Å². The Bertz CT molecular complexity index is 716. The third-order valence-corrected chi connectivity index (χ3v) is 2.60. The maximum atomic E-state index is 11.8. The summed E-state index contributed by atoms with van der Waals surface area (Å²) in [5.74, 6) is -1.03. The number of fused-ring (bicyclic) bond motifs is 1. The normalized spacial score (nSPS) is 10.4. The van der Waals surface area contributed by atoms with E-state index in [9.17, 15) is 20.1 Å². The SMILES string of the molecule is CCOC(=O)c1c(N)n[n+]([O-])c2cc([N+](=O)[O-])ccc12. The average molecular weight is 278 g/mol. The second kappa shape index (κ2) is 4.96. The van der Waals surface area contributed by atoms with E-state index in [1.807, 2.05) is 0 Å². The summed E-state index contributed by atoms with van der Waals surface area (Å²) in [6.45, 7) is 1.74. The quantitative estimate of drug-likeness (QED) is 0.284. The van der Waals surface area contributed by atoms with Crippen molar-refractivity contribution in [3.8, 4) is 0 Å². The molecule has 0 aliphatic rings. The minimum Gasteiger partial charge on any atom is -0.594 e. The number of carbonyl (C=O) groups is 1. The van der Waals surface area contributed by atoms with Gasteiger partial charge < -0.3 is 15.7 Å². The van der Waals surface area contributed by atoms with Gasteiger partial charge in [0.05, 0.1) is 23.0 Å². The molecule has 104 valence electrons. The Morgan fingerprint density at radius 3 is 2.85 bits per heavy atom. The number of hydrogen-bond acceptors (Lipinski definition) is 7. The molecule has 2 N–H and O–H groups in total. The van der Waals surface area contributed by atoms with E-state index in [1.165, 1.54) is 12.1 Å². The van der Waals surface area contributed by atoms with Crippen LogP contribution in [0.15, 0.2) is 18.2 Å². The first-order chi connectivity index (χ1) is 9.45. The lowest BCUT2D eigenvalue weighted by molar-refractivity contribution is -0.641. The minimum atomic E-state index is -0.739. The number of non-ortho nitro benzene ring substituents is 1. The number of benzene rings is 1. The molecule has 1 aromatic heterocycles. The lowest BCUT2D eigenvalue weighted by Gasteiger charge is -2.07. The predicted octanol–water partition coefficient (Wildman–Crippen LogP) is 0.535. The van der Waals surface area contributed by atoms with Crippen molar-refractivity contribution in [1.82, 2.24) is 5.10 Å². The van der Waals surface area contributed by atoms with Crippen LogP contribution in [0, 0.1) is 15.3 Å². The number of esters is 1. The molecule has 0 bridgehead atoms. The van der Waals surface area contributed by atoms with Crippen molar-refractivity contribution in [2.75, 3.05) is 12.3 Å². The minimum absolute atomic E-state index is 0.0798. The molecule has 9 heteroatoms. The first-order valence-electron chi connectivity index (χ1n) is 5.60. The van der Waals surface area contributed by atoms with Crippen LogP contribution in [-0.2, 0) is 4.74 Å². The van der Waals surface area contributed by atoms with Gasteiger partial charge in [-0.15, -0.1) is 0 Å². The summed E-state index contributed by atoms with van der Waals surface area (Å²) in [6.07, 6.45) is 0. The van der Waals surface area contributed by atoms with Crippen molar-refractivity contribution in [3.05, 3.63) is 39.1 Å². The van der Waals surface area contributed by atoms with Crippen molar-refractivity contribution in [2.45, 2.75) is 6.92 Å². The summed E-state index contributed by atoms with van der Waals surface area (Å²) in [4.78, 5) is 22.0.